The first-order valence-electron chi connectivity index (χ1n) is 10.2. The minimum Gasteiger partial charge on any atom is -0.310 e. The summed E-state index contributed by atoms with van der Waals surface area (Å²) in [5, 5.41) is 0. The molecular formula is C19H36N2O2Si. The van der Waals surface area contributed by atoms with Gasteiger partial charge in [0.1, 0.15) is 6.04 Å². The molecule has 1 unspecified atom stereocenters. The Morgan fingerprint density at radius 1 is 0.917 bits per heavy atom. The largest absolute Gasteiger partial charge is 0.319 e. The van der Waals surface area contributed by atoms with Gasteiger partial charge in [0.15, 0.2) is 8.24 Å². The van der Waals surface area contributed by atoms with Crippen LogP contribution in [0.25, 0.3) is 0 Å². The minimum atomic E-state index is -2.04. The van der Waals surface area contributed by atoms with E-state index >= 15 is 0 Å². The van der Waals surface area contributed by atoms with Crippen molar-refractivity contribution in [2.24, 2.45) is 0 Å². The second-order valence-corrected chi connectivity index (χ2v) is 12.2. The maximum absolute atomic E-state index is 13.4. The lowest BCUT2D eigenvalue weighted by molar-refractivity contribution is -0.125. The Morgan fingerprint density at radius 2 is 1.42 bits per heavy atom. The fourth-order valence-corrected chi connectivity index (χ4v) is 10.4. The van der Waals surface area contributed by atoms with E-state index in [1.807, 2.05) is 16.4 Å². The predicted molar refractivity (Wildman–Crippen MR) is 101 cm³/mol. The van der Waals surface area contributed by atoms with Gasteiger partial charge in [-0.2, -0.15) is 0 Å². The van der Waals surface area contributed by atoms with E-state index in [1.165, 1.54) is 19.3 Å². The van der Waals surface area contributed by atoms with Crippen LogP contribution in [-0.4, -0.2) is 41.7 Å². The number of urea groups is 1. The lowest BCUT2D eigenvalue weighted by Gasteiger charge is -2.39. The molecular weight excluding hydrogens is 316 g/mol. The molecule has 1 atom stereocenters. The Bertz CT molecular complexity index is 432. The van der Waals surface area contributed by atoms with Crippen molar-refractivity contribution in [1.29, 1.82) is 0 Å². The molecule has 1 aliphatic carbocycles. The van der Waals surface area contributed by atoms with Crippen molar-refractivity contribution in [1.82, 2.24) is 9.47 Å². The molecule has 1 heterocycles. The molecule has 0 bridgehead atoms. The SMILES string of the molecule is CCC[Si](CCC)(CCC)N1C(=O)C(C)N(C2CCCCC2)C1=O. The Kier molecular flexibility index (Phi) is 6.90. The summed E-state index contributed by atoms with van der Waals surface area (Å²) < 4.78 is 1.84. The molecule has 24 heavy (non-hydrogen) atoms. The van der Waals surface area contributed by atoms with E-state index < -0.39 is 8.24 Å². The first-order valence-corrected chi connectivity index (χ1v) is 12.8. The summed E-state index contributed by atoms with van der Waals surface area (Å²) >= 11 is 0. The minimum absolute atomic E-state index is 0.0569. The van der Waals surface area contributed by atoms with Crippen LogP contribution in [0.1, 0.15) is 79.1 Å². The van der Waals surface area contributed by atoms with E-state index in [9.17, 15) is 9.59 Å². The molecule has 0 aromatic heterocycles. The molecule has 4 nitrogen and oxygen atoms in total. The van der Waals surface area contributed by atoms with Gasteiger partial charge in [-0.3, -0.25) is 9.36 Å². The van der Waals surface area contributed by atoms with Crippen LogP contribution in [0.5, 0.6) is 0 Å². The van der Waals surface area contributed by atoms with Gasteiger partial charge in [0.25, 0.3) is 0 Å². The van der Waals surface area contributed by atoms with Gasteiger partial charge in [0.2, 0.25) is 5.91 Å². The number of rotatable bonds is 8. The number of nitrogens with zero attached hydrogens (tertiary/aromatic N) is 2. The topological polar surface area (TPSA) is 40.6 Å². The summed E-state index contributed by atoms with van der Waals surface area (Å²) in [7, 11) is -2.04. The number of carbonyl (C=O) groups excluding carboxylic acids is 2. The molecule has 1 aliphatic heterocycles. The van der Waals surface area contributed by atoms with Gasteiger partial charge in [0, 0.05) is 6.04 Å². The van der Waals surface area contributed by atoms with Crippen molar-refractivity contribution < 1.29 is 9.59 Å². The smallest absolute Gasteiger partial charge is 0.310 e. The van der Waals surface area contributed by atoms with Crippen LogP contribution in [-0.2, 0) is 4.79 Å². The Morgan fingerprint density at radius 3 is 1.88 bits per heavy atom. The summed E-state index contributed by atoms with van der Waals surface area (Å²) in [5.41, 5.74) is 0. The van der Waals surface area contributed by atoms with E-state index in [2.05, 4.69) is 20.8 Å². The summed E-state index contributed by atoms with van der Waals surface area (Å²) in [6.45, 7) is 8.54. The molecule has 1 saturated carbocycles. The van der Waals surface area contributed by atoms with Crippen LogP contribution in [0.15, 0.2) is 0 Å². The Labute approximate surface area is 149 Å². The van der Waals surface area contributed by atoms with Gasteiger partial charge in [-0.25, -0.2) is 4.79 Å². The fraction of sp³-hybridized carbons (Fsp3) is 0.895. The molecule has 0 spiro atoms. The average Bonchev–Trinajstić information content (AvgIpc) is 2.79. The highest BCUT2D eigenvalue weighted by Crippen LogP contribution is 2.37. The number of hydrogen-bond acceptors (Lipinski definition) is 2. The molecule has 2 aliphatic rings. The zero-order chi connectivity index (χ0) is 17.7. The van der Waals surface area contributed by atoms with Crippen molar-refractivity contribution in [2.75, 3.05) is 0 Å². The van der Waals surface area contributed by atoms with Crippen LogP contribution in [0.4, 0.5) is 4.79 Å². The molecule has 5 heteroatoms. The van der Waals surface area contributed by atoms with Gasteiger partial charge in [-0.15, -0.1) is 0 Å². The van der Waals surface area contributed by atoms with E-state index in [0.717, 1.165) is 50.2 Å². The average molecular weight is 353 g/mol. The third-order valence-electron chi connectivity index (χ3n) is 6.00. The van der Waals surface area contributed by atoms with E-state index in [-0.39, 0.29) is 24.0 Å². The molecule has 0 N–H and O–H groups in total. The molecule has 2 fully saturated rings. The number of amides is 3. The van der Waals surface area contributed by atoms with Gasteiger partial charge in [0.05, 0.1) is 0 Å². The third-order valence-corrected chi connectivity index (χ3v) is 11.6. The van der Waals surface area contributed by atoms with Crippen molar-refractivity contribution in [2.45, 2.75) is 109 Å². The summed E-state index contributed by atoms with van der Waals surface area (Å²) in [6, 6.07) is 3.29. The third kappa shape index (κ3) is 3.56. The highest BCUT2D eigenvalue weighted by molar-refractivity contribution is 6.81. The second-order valence-electron chi connectivity index (χ2n) is 7.81. The molecule has 2 rings (SSSR count). The highest BCUT2D eigenvalue weighted by atomic mass is 28.3. The Hall–Kier alpha value is -0.843. The van der Waals surface area contributed by atoms with Crippen LogP contribution >= 0.6 is 0 Å². The van der Waals surface area contributed by atoms with Crippen molar-refractivity contribution in [3.8, 4) is 0 Å². The lowest BCUT2D eigenvalue weighted by Crippen LogP contribution is -2.57. The summed E-state index contributed by atoms with van der Waals surface area (Å²) in [6.07, 6.45) is 9.00. The van der Waals surface area contributed by atoms with Crippen molar-refractivity contribution in [3.63, 3.8) is 0 Å². The molecule has 0 radical (unpaired) electrons. The van der Waals surface area contributed by atoms with E-state index in [1.54, 1.807) is 0 Å². The lowest BCUT2D eigenvalue weighted by atomic mass is 9.94. The van der Waals surface area contributed by atoms with Crippen LogP contribution in [0.2, 0.25) is 18.1 Å². The first kappa shape index (κ1) is 19.5. The van der Waals surface area contributed by atoms with Gasteiger partial charge < -0.3 is 4.90 Å². The highest BCUT2D eigenvalue weighted by Gasteiger charge is 2.54. The molecule has 0 aromatic carbocycles. The molecule has 3 amide bonds. The first-order chi connectivity index (χ1) is 11.5. The standard InChI is InChI=1S/C19H36N2O2Si/c1-5-13-24(14-6-2,15-7-3)21-18(22)16(4)20(19(21)23)17-11-9-8-10-12-17/h16-17H,5-15H2,1-4H3. The van der Waals surface area contributed by atoms with Gasteiger partial charge in [-0.05, 0) is 37.9 Å². The fourth-order valence-electron chi connectivity index (χ4n) is 5.06. The molecule has 1 saturated heterocycles. The van der Waals surface area contributed by atoms with Crippen molar-refractivity contribution in [3.05, 3.63) is 0 Å². The second kappa shape index (κ2) is 8.50. The Balaban J connectivity index is 2.32. The monoisotopic (exact) mass is 352 g/mol. The van der Waals surface area contributed by atoms with Gasteiger partial charge >= 0.3 is 6.03 Å². The van der Waals surface area contributed by atoms with Crippen molar-refractivity contribution >= 4 is 20.2 Å². The normalized spacial score (nSPS) is 23.4. The predicted octanol–water partition coefficient (Wildman–Crippen LogP) is 5.15. The number of imide groups is 1. The van der Waals surface area contributed by atoms with Crippen LogP contribution < -0.4 is 0 Å². The van der Waals surface area contributed by atoms with Crippen LogP contribution in [0.3, 0.4) is 0 Å². The van der Waals surface area contributed by atoms with Crippen LogP contribution in [0, 0.1) is 0 Å². The number of carbonyl (C=O) groups is 2. The molecule has 0 aromatic rings. The van der Waals surface area contributed by atoms with E-state index in [0.29, 0.717) is 0 Å². The summed E-state index contributed by atoms with van der Waals surface area (Å²) in [5.74, 6) is 0.104. The maximum Gasteiger partial charge on any atom is 0.319 e. The summed E-state index contributed by atoms with van der Waals surface area (Å²) in [4.78, 5) is 28.5. The van der Waals surface area contributed by atoms with E-state index in [4.69, 9.17) is 0 Å². The number of hydrogen-bond donors (Lipinski definition) is 0. The van der Waals surface area contributed by atoms with Gasteiger partial charge in [-0.1, -0.05) is 59.3 Å². The maximum atomic E-state index is 13.4. The quantitative estimate of drug-likeness (QED) is 0.448. The zero-order valence-electron chi connectivity index (χ0n) is 16.1. The molecule has 138 valence electrons. The zero-order valence-corrected chi connectivity index (χ0v) is 17.1.